The summed E-state index contributed by atoms with van der Waals surface area (Å²) in [5.74, 6) is 0.610. The Kier molecular flexibility index (Phi) is 7.40. The minimum absolute atomic E-state index is 0.0180. The number of fused-ring (bicyclic) bond motifs is 1. The fraction of sp³-hybridized carbons (Fsp3) is 0.588. The van der Waals surface area contributed by atoms with E-state index in [0.29, 0.717) is 31.1 Å². The van der Waals surface area contributed by atoms with Crippen LogP contribution in [0.1, 0.15) is 42.1 Å². The minimum Gasteiger partial charge on any atom is -0.492 e. The van der Waals surface area contributed by atoms with Crippen molar-refractivity contribution in [2.75, 3.05) is 24.8 Å². The average Bonchev–Trinajstić information content (AvgIpc) is 2.63. The van der Waals surface area contributed by atoms with Gasteiger partial charge in [-0.3, -0.25) is 4.79 Å². The average molecular weight is 408 g/mol. The highest BCUT2D eigenvalue weighted by molar-refractivity contribution is 7.91. The lowest BCUT2D eigenvalue weighted by Gasteiger charge is -2.21. The second kappa shape index (κ2) is 9.10. The Morgan fingerprint density at radius 1 is 1.40 bits per heavy atom. The number of sulfone groups is 1. The third kappa shape index (κ3) is 5.25. The molecule has 0 aromatic heterocycles. The first-order valence-corrected chi connectivity index (χ1v) is 11.0. The van der Waals surface area contributed by atoms with Gasteiger partial charge in [-0.25, -0.2) is 8.42 Å². The number of carbonyl (C=O) groups is 1. The summed E-state index contributed by atoms with van der Waals surface area (Å²) in [6.45, 7) is 2.39. The van der Waals surface area contributed by atoms with Crippen LogP contribution < -0.4 is 10.1 Å². The van der Waals surface area contributed by atoms with E-state index in [-0.39, 0.29) is 34.0 Å². The molecule has 2 rings (SSSR count). The quantitative estimate of drug-likeness (QED) is 0.671. The van der Waals surface area contributed by atoms with Crippen LogP contribution in [0.3, 0.4) is 0 Å². The van der Waals surface area contributed by atoms with Gasteiger partial charge in [0.05, 0.1) is 28.2 Å². The zero-order valence-corrected chi connectivity index (χ0v) is 16.5. The van der Waals surface area contributed by atoms with Gasteiger partial charge in [0.25, 0.3) is 5.91 Å². The number of halogens is 2. The summed E-state index contributed by atoms with van der Waals surface area (Å²) >= 11 is 11.8. The van der Waals surface area contributed by atoms with Gasteiger partial charge in [-0.05, 0) is 43.4 Å². The lowest BCUT2D eigenvalue weighted by molar-refractivity contribution is 0.0948. The summed E-state index contributed by atoms with van der Waals surface area (Å²) in [5.41, 5.74) is 1.01. The second-order valence-electron chi connectivity index (χ2n) is 5.95. The molecule has 1 amide bonds. The Bertz CT molecular complexity index is 722. The van der Waals surface area contributed by atoms with Gasteiger partial charge in [0, 0.05) is 12.4 Å². The van der Waals surface area contributed by atoms with Gasteiger partial charge < -0.3 is 10.1 Å². The number of aryl methyl sites for hydroxylation is 1. The normalized spacial score (nSPS) is 15.2. The number of carbonyl (C=O) groups excluding carboxylic acids is 1. The molecule has 0 saturated carbocycles. The van der Waals surface area contributed by atoms with Gasteiger partial charge in [-0.15, -0.1) is 23.2 Å². The molecule has 0 fully saturated rings. The Labute approximate surface area is 158 Å². The van der Waals surface area contributed by atoms with Crippen LogP contribution in [-0.2, 0) is 16.3 Å². The Morgan fingerprint density at radius 3 is 2.84 bits per heavy atom. The van der Waals surface area contributed by atoms with Crippen molar-refractivity contribution in [3.8, 4) is 5.75 Å². The number of rotatable bonds is 8. The van der Waals surface area contributed by atoms with Crippen molar-refractivity contribution in [2.24, 2.45) is 0 Å². The number of alkyl halides is 2. The molecule has 0 bridgehead atoms. The third-order valence-electron chi connectivity index (χ3n) is 4.10. The summed E-state index contributed by atoms with van der Waals surface area (Å²) in [4.78, 5) is 12.8. The van der Waals surface area contributed by atoms with Crippen molar-refractivity contribution in [2.45, 2.75) is 42.9 Å². The van der Waals surface area contributed by atoms with Crippen LogP contribution in [0, 0.1) is 0 Å². The zero-order chi connectivity index (χ0) is 18.4. The summed E-state index contributed by atoms with van der Waals surface area (Å²) in [7, 11) is -3.41. The Morgan fingerprint density at radius 2 is 2.16 bits per heavy atom. The molecule has 1 unspecified atom stereocenters. The summed E-state index contributed by atoms with van der Waals surface area (Å²) in [6.07, 6.45) is 2.96. The second-order valence-corrected chi connectivity index (χ2v) is 9.23. The first kappa shape index (κ1) is 20.3. The minimum atomic E-state index is -3.41. The van der Waals surface area contributed by atoms with Crippen LogP contribution in [0.15, 0.2) is 17.0 Å². The maximum Gasteiger partial charge on any atom is 0.255 e. The fourth-order valence-corrected chi connectivity index (χ4v) is 4.01. The molecule has 1 N–H and O–H groups in total. The highest BCUT2D eigenvalue weighted by Crippen LogP contribution is 2.32. The van der Waals surface area contributed by atoms with E-state index >= 15 is 0 Å². The third-order valence-corrected chi connectivity index (χ3v) is 6.45. The van der Waals surface area contributed by atoms with Crippen molar-refractivity contribution in [1.29, 1.82) is 0 Å². The van der Waals surface area contributed by atoms with E-state index in [1.807, 2.05) is 0 Å². The number of ether oxygens (including phenoxy) is 1. The largest absolute Gasteiger partial charge is 0.492 e. The number of nitrogens with one attached hydrogen (secondary N) is 1. The van der Waals surface area contributed by atoms with Gasteiger partial charge in [-0.2, -0.15) is 0 Å². The molecule has 140 valence electrons. The van der Waals surface area contributed by atoms with Crippen LogP contribution >= 0.6 is 23.2 Å². The fourth-order valence-electron chi connectivity index (χ4n) is 2.67. The molecular weight excluding hydrogens is 385 g/mol. The molecule has 1 atom stereocenters. The topological polar surface area (TPSA) is 72.5 Å². The molecule has 0 spiro atoms. The maximum absolute atomic E-state index is 12.6. The van der Waals surface area contributed by atoms with Crippen molar-refractivity contribution in [3.63, 3.8) is 0 Å². The van der Waals surface area contributed by atoms with Gasteiger partial charge in [0.1, 0.15) is 5.75 Å². The molecular formula is C17H23Cl2NO4S. The standard InChI is InChI=1S/C17H23Cl2NO4S/c1-2-25(22,23)14-9-12-5-4-8-24-16(12)15(10-14)17(21)20-11-13(19)6-3-7-18/h9-10,13H,2-8,11H2,1H3,(H,20,21). The molecule has 1 aromatic carbocycles. The maximum atomic E-state index is 12.6. The molecule has 1 aliphatic heterocycles. The smallest absolute Gasteiger partial charge is 0.255 e. The van der Waals surface area contributed by atoms with Crippen LogP contribution in [0.5, 0.6) is 5.75 Å². The molecule has 1 aliphatic rings. The van der Waals surface area contributed by atoms with Gasteiger partial charge >= 0.3 is 0 Å². The van der Waals surface area contributed by atoms with E-state index in [9.17, 15) is 13.2 Å². The number of amides is 1. The molecule has 0 radical (unpaired) electrons. The predicted octanol–water partition coefficient (Wildman–Crippen LogP) is 3.16. The van der Waals surface area contributed by atoms with Gasteiger partial charge in [-0.1, -0.05) is 6.92 Å². The van der Waals surface area contributed by atoms with Crippen molar-refractivity contribution < 1.29 is 17.9 Å². The first-order chi connectivity index (χ1) is 11.9. The molecule has 5 nitrogen and oxygen atoms in total. The van der Waals surface area contributed by atoms with Crippen molar-refractivity contribution in [3.05, 3.63) is 23.3 Å². The van der Waals surface area contributed by atoms with E-state index in [0.717, 1.165) is 18.4 Å². The molecule has 25 heavy (non-hydrogen) atoms. The van der Waals surface area contributed by atoms with Crippen LogP contribution in [0.2, 0.25) is 0 Å². The van der Waals surface area contributed by atoms with Crippen molar-refractivity contribution in [1.82, 2.24) is 5.32 Å². The summed E-state index contributed by atoms with van der Waals surface area (Å²) < 4.78 is 30.1. The highest BCUT2D eigenvalue weighted by Gasteiger charge is 2.24. The first-order valence-electron chi connectivity index (χ1n) is 8.39. The van der Waals surface area contributed by atoms with Gasteiger partial charge in [0.2, 0.25) is 0 Å². The van der Waals surface area contributed by atoms with E-state index in [4.69, 9.17) is 27.9 Å². The molecule has 0 aliphatic carbocycles. The van der Waals surface area contributed by atoms with E-state index in [2.05, 4.69) is 5.32 Å². The molecule has 8 heteroatoms. The molecule has 1 heterocycles. The Balaban J connectivity index is 2.26. The van der Waals surface area contributed by atoms with E-state index in [1.165, 1.54) is 6.07 Å². The number of hydrogen-bond acceptors (Lipinski definition) is 4. The molecule has 1 aromatic rings. The van der Waals surface area contributed by atoms with Crippen molar-refractivity contribution >= 4 is 38.9 Å². The van der Waals surface area contributed by atoms with Crippen LogP contribution in [0.25, 0.3) is 0 Å². The van der Waals surface area contributed by atoms with Crippen LogP contribution in [0.4, 0.5) is 0 Å². The lowest BCUT2D eigenvalue weighted by atomic mass is 10.0. The molecule has 0 saturated heterocycles. The van der Waals surface area contributed by atoms with Crippen LogP contribution in [-0.4, -0.2) is 44.5 Å². The van der Waals surface area contributed by atoms with E-state index in [1.54, 1.807) is 13.0 Å². The zero-order valence-electron chi connectivity index (χ0n) is 14.2. The number of hydrogen-bond donors (Lipinski definition) is 1. The summed E-state index contributed by atoms with van der Waals surface area (Å²) in [6, 6.07) is 3.02. The predicted molar refractivity (Wildman–Crippen MR) is 99.9 cm³/mol. The lowest BCUT2D eigenvalue weighted by Crippen LogP contribution is -2.31. The SMILES string of the molecule is CCS(=O)(=O)c1cc2c(c(C(=O)NCC(Cl)CCCCl)c1)OCCC2. The van der Waals surface area contributed by atoms with E-state index < -0.39 is 9.84 Å². The van der Waals surface area contributed by atoms with Gasteiger partial charge in [0.15, 0.2) is 9.84 Å². The number of benzene rings is 1. The Hall–Kier alpha value is -0.980. The summed E-state index contributed by atoms with van der Waals surface area (Å²) in [5, 5.41) is 2.55. The monoisotopic (exact) mass is 407 g/mol. The highest BCUT2D eigenvalue weighted by atomic mass is 35.5.